The number of fused-ring (bicyclic) bond motifs is 1. The van der Waals surface area contributed by atoms with Crippen LogP contribution in [0.15, 0.2) is 18.2 Å². The quantitative estimate of drug-likeness (QED) is 0.636. The molecular formula is C16H23NO3Si. The van der Waals surface area contributed by atoms with Gasteiger partial charge in [0, 0.05) is 23.6 Å². The average molecular weight is 305 g/mol. The van der Waals surface area contributed by atoms with E-state index in [0.717, 1.165) is 22.3 Å². The second-order valence-corrected chi connectivity index (χ2v) is 10.6. The highest BCUT2D eigenvalue weighted by molar-refractivity contribution is 6.70. The highest BCUT2D eigenvalue weighted by Crippen LogP contribution is 2.30. The van der Waals surface area contributed by atoms with E-state index in [1.807, 2.05) is 43.7 Å². The van der Waals surface area contributed by atoms with Crippen molar-refractivity contribution in [3.63, 3.8) is 0 Å². The highest BCUT2D eigenvalue weighted by Gasteiger charge is 2.21. The molecule has 0 saturated heterocycles. The van der Waals surface area contributed by atoms with Crippen LogP contribution in [0.1, 0.15) is 23.0 Å². The lowest BCUT2D eigenvalue weighted by Gasteiger charge is -2.19. The van der Waals surface area contributed by atoms with Crippen molar-refractivity contribution in [2.75, 3.05) is 6.61 Å². The van der Waals surface area contributed by atoms with Gasteiger partial charge in [-0.2, -0.15) is 0 Å². The Hall–Kier alpha value is -1.75. The molecule has 21 heavy (non-hydrogen) atoms. The van der Waals surface area contributed by atoms with Crippen molar-refractivity contribution in [1.82, 2.24) is 4.57 Å². The van der Waals surface area contributed by atoms with Crippen LogP contribution in [0.5, 0.6) is 5.75 Å². The summed E-state index contributed by atoms with van der Waals surface area (Å²) in [7, 11) is 0.283. The minimum atomic E-state index is -1.67. The third-order valence-corrected chi connectivity index (χ3v) is 4.22. The number of benzene rings is 1. The average Bonchev–Trinajstić information content (AvgIpc) is 2.60. The second-order valence-electron chi connectivity index (χ2n) is 6.13. The van der Waals surface area contributed by atoms with Crippen LogP contribution < -0.4 is 4.43 Å². The Kier molecular flexibility index (Phi) is 4.14. The van der Waals surface area contributed by atoms with E-state index in [9.17, 15) is 4.79 Å². The molecule has 0 N–H and O–H groups in total. The third kappa shape index (κ3) is 3.13. The largest absolute Gasteiger partial charge is 0.544 e. The number of ether oxygens (including phenoxy) is 1. The number of hydrogen-bond donors (Lipinski definition) is 0. The third-order valence-electron chi connectivity index (χ3n) is 3.37. The van der Waals surface area contributed by atoms with Gasteiger partial charge in [-0.25, -0.2) is 4.79 Å². The van der Waals surface area contributed by atoms with Gasteiger partial charge in [-0.1, -0.05) is 0 Å². The smallest absolute Gasteiger partial charge is 0.340 e. The number of hydrogen-bond acceptors (Lipinski definition) is 3. The van der Waals surface area contributed by atoms with Gasteiger partial charge in [0.05, 0.1) is 12.2 Å². The van der Waals surface area contributed by atoms with Gasteiger partial charge in [-0.15, -0.1) is 0 Å². The highest BCUT2D eigenvalue weighted by atomic mass is 28.4. The van der Waals surface area contributed by atoms with Crippen molar-refractivity contribution in [3.8, 4) is 5.75 Å². The van der Waals surface area contributed by atoms with Crippen molar-refractivity contribution >= 4 is 25.2 Å². The fourth-order valence-electron chi connectivity index (χ4n) is 2.43. The van der Waals surface area contributed by atoms with E-state index in [4.69, 9.17) is 9.16 Å². The lowest BCUT2D eigenvalue weighted by Crippen LogP contribution is -2.29. The Morgan fingerprint density at radius 1 is 1.29 bits per heavy atom. The molecule has 1 heterocycles. The molecular weight excluding hydrogens is 282 g/mol. The Morgan fingerprint density at radius 3 is 2.52 bits per heavy atom. The summed E-state index contributed by atoms with van der Waals surface area (Å²) in [4.78, 5) is 12.2. The summed E-state index contributed by atoms with van der Waals surface area (Å²) in [6, 6.07) is 5.92. The predicted molar refractivity (Wildman–Crippen MR) is 87.6 cm³/mol. The van der Waals surface area contributed by atoms with Crippen LogP contribution in [-0.2, 0) is 11.8 Å². The molecule has 0 spiro atoms. The fraction of sp³-hybridized carbons (Fsp3) is 0.438. The van der Waals surface area contributed by atoms with Crippen LogP contribution >= 0.6 is 0 Å². The maximum absolute atomic E-state index is 12.2. The molecule has 0 aliphatic rings. The molecule has 0 radical (unpaired) electrons. The minimum Gasteiger partial charge on any atom is -0.544 e. The Labute approximate surface area is 126 Å². The summed E-state index contributed by atoms with van der Waals surface area (Å²) >= 11 is 0. The molecule has 0 unspecified atom stereocenters. The molecule has 1 aromatic carbocycles. The molecule has 0 aliphatic carbocycles. The Bertz CT molecular complexity index is 683. The van der Waals surface area contributed by atoms with Crippen molar-refractivity contribution < 1.29 is 14.0 Å². The molecule has 114 valence electrons. The van der Waals surface area contributed by atoms with Crippen LogP contribution in [0.4, 0.5) is 0 Å². The number of aryl methyl sites for hydroxylation is 1. The first-order valence-corrected chi connectivity index (χ1v) is 10.6. The van der Waals surface area contributed by atoms with Gasteiger partial charge in [-0.05, 0) is 51.7 Å². The Balaban J connectivity index is 2.59. The number of rotatable bonds is 4. The summed E-state index contributed by atoms with van der Waals surface area (Å²) in [5.41, 5.74) is 2.56. The lowest BCUT2D eigenvalue weighted by molar-refractivity contribution is 0.0527. The summed E-state index contributed by atoms with van der Waals surface area (Å²) in [5.74, 6) is 0.545. The molecule has 2 aromatic rings. The van der Waals surface area contributed by atoms with Crippen molar-refractivity contribution in [1.29, 1.82) is 0 Å². The monoisotopic (exact) mass is 305 g/mol. The Morgan fingerprint density at radius 2 is 1.95 bits per heavy atom. The summed E-state index contributed by atoms with van der Waals surface area (Å²) in [6.45, 7) is 10.5. The van der Waals surface area contributed by atoms with Gasteiger partial charge >= 0.3 is 5.97 Å². The first kappa shape index (κ1) is 15.6. The van der Waals surface area contributed by atoms with Gasteiger partial charge < -0.3 is 13.7 Å². The molecule has 5 heteroatoms. The van der Waals surface area contributed by atoms with Crippen LogP contribution in [0.3, 0.4) is 0 Å². The van der Waals surface area contributed by atoms with Crippen molar-refractivity contribution in [3.05, 3.63) is 29.5 Å². The van der Waals surface area contributed by atoms with Gasteiger partial charge in [-0.3, -0.25) is 0 Å². The predicted octanol–water partition coefficient (Wildman–Crippen LogP) is 3.88. The van der Waals surface area contributed by atoms with Gasteiger partial charge in [0.1, 0.15) is 5.75 Å². The van der Waals surface area contributed by atoms with E-state index >= 15 is 0 Å². The molecule has 0 saturated carbocycles. The summed E-state index contributed by atoms with van der Waals surface area (Å²) < 4.78 is 13.2. The van der Waals surface area contributed by atoms with Crippen molar-refractivity contribution in [2.24, 2.45) is 7.05 Å². The molecule has 0 fully saturated rings. The summed E-state index contributed by atoms with van der Waals surface area (Å²) in [5, 5.41) is 0.893. The van der Waals surface area contributed by atoms with E-state index in [2.05, 4.69) is 19.6 Å². The molecule has 0 bridgehead atoms. The zero-order valence-electron chi connectivity index (χ0n) is 13.6. The van der Waals surface area contributed by atoms with Crippen LogP contribution in [-0.4, -0.2) is 25.5 Å². The normalized spacial score (nSPS) is 11.7. The molecule has 2 rings (SSSR count). The fourth-order valence-corrected chi connectivity index (χ4v) is 3.26. The van der Waals surface area contributed by atoms with E-state index < -0.39 is 8.32 Å². The van der Waals surface area contributed by atoms with E-state index in [1.165, 1.54) is 0 Å². The van der Waals surface area contributed by atoms with Gasteiger partial charge in [0.25, 0.3) is 0 Å². The topological polar surface area (TPSA) is 40.5 Å². The number of esters is 1. The zero-order chi connectivity index (χ0) is 15.8. The van der Waals surface area contributed by atoms with Gasteiger partial charge in [0.2, 0.25) is 8.32 Å². The lowest BCUT2D eigenvalue weighted by atomic mass is 10.1. The number of carbonyl (C=O) groups is 1. The SMILES string of the molecule is CCOC(=O)c1c(C)n(C)c2ccc(O[Si](C)(C)C)cc12. The second kappa shape index (κ2) is 5.56. The first-order chi connectivity index (χ1) is 9.74. The molecule has 0 atom stereocenters. The molecule has 0 aliphatic heterocycles. The van der Waals surface area contributed by atoms with E-state index in [-0.39, 0.29) is 5.97 Å². The van der Waals surface area contributed by atoms with Crippen molar-refractivity contribution in [2.45, 2.75) is 33.5 Å². The van der Waals surface area contributed by atoms with Gasteiger partial charge in [0.15, 0.2) is 0 Å². The summed E-state index contributed by atoms with van der Waals surface area (Å²) in [6.07, 6.45) is 0. The maximum atomic E-state index is 12.2. The number of carbonyl (C=O) groups excluding carboxylic acids is 1. The van der Waals surface area contributed by atoms with Crippen LogP contribution in [0.25, 0.3) is 10.9 Å². The zero-order valence-corrected chi connectivity index (χ0v) is 14.6. The number of aromatic nitrogens is 1. The number of nitrogens with zero attached hydrogens (tertiary/aromatic N) is 1. The standard InChI is InChI=1S/C16H23NO3Si/c1-7-19-16(18)15-11(2)17(3)14-9-8-12(10-13(14)15)20-21(4,5)6/h8-10H,7H2,1-6H3. The molecule has 0 amide bonds. The van der Waals surface area contributed by atoms with Crippen LogP contribution in [0, 0.1) is 6.92 Å². The van der Waals surface area contributed by atoms with Crippen LogP contribution in [0.2, 0.25) is 19.6 Å². The van der Waals surface area contributed by atoms with E-state index in [0.29, 0.717) is 12.2 Å². The maximum Gasteiger partial charge on any atom is 0.340 e. The molecule has 1 aromatic heterocycles. The van der Waals surface area contributed by atoms with E-state index in [1.54, 1.807) is 0 Å². The first-order valence-electron chi connectivity index (χ1n) is 7.19. The molecule has 4 nitrogen and oxygen atoms in total. The minimum absolute atomic E-state index is 0.272.